The highest BCUT2D eigenvalue weighted by atomic mass is 19.4. The fourth-order valence-electron chi connectivity index (χ4n) is 2.11. The first-order valence-electron chi connectivity index (χ1n) is 6.38. The van der Waals surface area contributed by atoms with Gasteiger partial charge in [0.2, 0.25) is 0 Å². The van der Waals surface area contributed by atoms with E-state index in [0.29, 0.717) is 18.7 Å². The largest absolute Gasteiger partial charge is 0.573 e. The van der Waals surface area contributed by atoms with Crippen LogP contribution >= 0.6 is 0 Å². The van der Waals surface area contributed by atoms with Crippen LogP contribution in [0.25, 0.3) is 0 Å². The van der Waals surface area contributed by atoms with Gasteiger partial charge in [-0.25, -0.2) is 0 Å². The van der Waals surface area contributed by atoms with Gasteiger partial charge in [0.05, 0.1) is 0 Å². The topological polar surface area (TPSA) is 79.9 Å². The Bertz CT molecular complexity index is 528. The molecule has 0 aromatic heterocycles. The number of benzene rings is 1. The Morgan fingerprint density at radius 3 is 2.71 bits per heavy atom. The summed E-state index contributed by atoms with van der Waals surface area (Å²) in [6.45, 7) is 0.540. The molecule has 0 spiro atoms. The second-order valence-electron chi connectivity index (χ2n) is 5.20. The van der Waals surface area contributed by atoms with Gasteiger partial charge in [-0.1, -0.05) is 11.2 Å². The maximum absolute atomic E-state index is 12.1. The molecule has 1 aliphatic rings. The molecule has 4 N–H and O–H groups in total. The molecule has 2 rings (SSSR count). The van der Waals surface area contributed by atoms with Crippen LogP contribution in [-0.4, -0.2) is 23.9 Å². The lowest BCUT2D eigenvalue weighted by molar-refractivity contribution is -0.274. The monoisotopic (exact) mass is 303 g/mol. The Balaban J connectivity index is 1.93. The quantitative estimate of drug-likeness (QED) is 0.327. The van der Waals surface area contributed by atoms with Gasteiger partial charge >= 0.3 is 6.36 Å². The smallest absolute Gasteiger partial charge is 0.409 e. The zero-order valence-corrected chi connectivity index (χ0v) is 11.2. The van der Waals surface area contributed by atoms with Crippen molar-refractivity contribution in [3.8, 4) is 5.75 Å². The third kappa shape index (κ3) is 4.73. The zero-order valence-electron chi connectivity index (χ0n) is 11.2. The average molecular weight is 303 g/mol. The number of ether oxygens (including phenoxy) is 1. The van der Waals surface area contributed by atoms with Crippen molar-refractivity contribution in [2.24, 2.45) is 16.3 Å². The average Bonchev–Trinajstić information content (AvgIpc) is 3.15. The van der Waals surface area contributed by atoms with Crippen molar-refractivity contribution in [3.63, 3.8) is 0 Å². The van der Waals surface area contributed by atoms with Crippen LogP contribution in [0.3, 0.4) is 0 Å². The van der Waals surface area contributed by atoms with E-state index in [1.165, 1.54) is 18.2 Å². The van der Waals surface area contributed by atoms with E-state index in [1.807, 2.05) is 0 Å². The van der Waals surface area contributed by atoms with Gasteiger partial charge in [-0.2, -0.15) is 0 Å². The summed E-state index contributed by atoms with van der Waals surface area (Å²) in [7, 11) is 0. The van der Waals surface area contributed by atoms with Gasteiger partial charge in [0.25, 0.3) is 0 Å². The fourth-order valence-corrected chi connectivity index (χ4v) is 2.11. The first kappa shape index (κ1) is 15.3. The van der Waals surface area contributed by atoms with E-state index >= 15 is 0 Å². The van der Waals surface area contributed by atoms with E-state index in [0.717, 1.165) is 12.8 Å². The van der Waals surface area contributed by atoms with Gasteiger partial charge in [-0.3, -0.25) is 0 Å². The zero-order chi connectivity index (χ0) is 15.5. The Kier molecular flexibility index (Phi) is 4.15. The van der Waals surface area contributed by atoms with E-state index in [1.54, 1.807) is 6.07 Å². The molecule has 0 saturated heterocycles. The Morgan fingerprint density at radius 2 is 2.14 bits per heavy atom. The molecule has 1 aromatic rings. The lowest BCUT2D eigenvalue weighted by Gasteiger charge is -2.17. The second kappa shape index (κ2) is 5.71. The first-order chi connectivity index (χ1) is 9.82. The van der Waals surface area contributed by atoms with E-state index in [4.69, 9.17) is 10.9 Å². The number of amidine groups is 1. The van der Waals surface area contributed by atoms with Crippen molar-refractivity contribution in [1.29, 1.82) is 0 Å². The van der Waals surface area contributed by atoms with Crippen LogP contribution in [0, 0.1) is 5.41 Å². The van der Waals surface area contributed by atoms with E-state index < -0.39 is 6.36 Å². The number of rotatable bonds is 6. The highest BCUT2D eigenvalue weighted by Crippen LogP contribution is 2.48. The van der Waals surface area contributed by atoms with Crippen LogP contribution in [0.4, 0.5) is 18.9 Å². The van der Waals surface area contributed by atoms with Crippen LogP contribution in [-0.2, 0) is 0 Å². The van der Waals surface area contributed by atoms with Crippen molar-refractivity contribution >= 4 is 11.5 Å². The number of hydrogen-bond donors (Lipinski definition) is 3. The molecule has 1 fully saturated rings. The Hall–Kier alpha value is -2.12. The first-order valence-corrected chi connectivity index (χ1v) is 6.38. The number of alkyl halides is 3. The maximum atomic E-state index is 12.1. The molecule has 0 amide bonds. The summed E-state index contributed by atoms with van der Waals surface area (Å²) in [5.74, 6) is -0.114. The SMILES string of the molecule is NC(CC1(CNc2cccc(OC(F)(F)F)c2)CC1)=NO. The molecule has 0 bridgehead atoms. The molecule has 116 valence electrons. The molecular formula is C13H16F3N3O2. The van der Waals surface area contributed by atoms with Crippen molar-refractivity contribution in [2.75, 3.05) is 11.9 Å². The van der Waals surface area contributed by atoms with Crippen LogP contribution in [0.15, 0.2) is 29.4 Å². The lowest BCUT2D eigenvalue weighted by atomic mass is 10.0. The molecule has 0 radical (unpaired) electrons. The third-order valence-corrected chi connectivity index (χ3v) is 3.38. The number of oxime groups is 1. The van der Waals surface area contributed by atoms with Crippen LogP contribution < -0.4 is 15.8 Å². The van der Waals surface area contributed by atoms with E-state index in [9.17, 15) is 13.2 Å². The van der Waals surface area contributed by atoms with E-state index in [-0.39, 0.29) is 17.0 Å². The van der Waals surface area contributed by atoms with Gasteiger partial charge in [-0.05, 0) is 30.4 Å². The molecule has 8 heteroatoms. The molecule has 1 saturated carbocycles. The van der Waals surface area contributed by atoms with Crippen molar-refractivity contribution < 1.29 is 23.1 Å². The number of hydrogen-bond acceptors (Lipinski definition) is 4. The minimum absolute atomic E-state index is 0.0861. The van der Waals surface area contributed by atoms with Crippen molar-refractivity contribution in [2.45, 2.75) is 25.6 Å². The Labute approximate surface area is 119 Å². The standard InChI is InChI=1S/C13H16F3N3O2/c14-13(15,16)21-10-3-1-2-9(6-10)18-8-12(4-5-12)7-11(17)19-20/h1-3,6,18,20H,4-5,7-8H2,(H2,17,19). The predicted molar refractivity (Wildman–Crippen MR) is 71.3 cm³/mol. The lowest BCUT2D eigenvalue weighted by Crippen LogP contribution is -2.23. The van der Waals surface area contributed by atoms with Crippen molar-refractivity contribution in [3.05, 3.63) is 24.3 Å². The number of nitrogens with two attached hydrogens (primary N) is 1. The van der Waals surface area contributed by atoms with Gasteiger partial charge in [0, 0.05) is 24.7 Å². The van der Waals surface area contributed by atoms with Crippen molar-refractivity contribution in [1.82, 2.24) is 0 Å². The number of nitrogens with one attached hydrogen (secondary N) is 1. The number of anilines is 1. The molecule has 1 aromatic carbocycles. The van der Waals surface area contributed by atoms with Gasteiger partial charge in [-0.15, -0.1) is 13.2 Å². The normalized spacial score (nSPS) is 17.4. The van der Waals surface area contributed by atoms with Crippen LogP contribution in [0.2, 0.25) is 0 Å². The molecule has 0 unspecified atom stereocenters. The summed E-state index contributed by atoms with van der Waals surface area (Å²) < 4.78 is 40.3. The summed E-state index contributed by atoms with van der Waals surface area (Å²) in [6.07, 6.45) is -2.40. The molecule has 5 nitrogen and oxygen atoms in total. The third-order valence-electron chi connectivity index (χ3n) is 3.38. The summed E-state index contributed by atoms with van der Waals surface area (Å²) in [5.41, 5.74) is 5.93. The van der Waals surface area contributed by atoms with Gasteiger partial charge < -0.3 is 21.0 Å². The highest BCUT2D eigenvalue weighted by Gasteiger charge is 2.43. The number of halogens is 3. The highest BCUT2D eigenvalue weighted by molar-refractivity contribution is 5.80. The van der Waals surface area contributed by atoms with Gasteiger partial charge in [0.1, 0.15) is 11.6 Å². The minimum atomic E-state index is -4.71. The molecule has 1 aliphatic carbocycles. The molecule has 0 aliphatic heterocycles. The molecular weight excluding hydrogens is 287 g/mol. The predicted octanol–water partition coefficient (Wildman–Crippen LogP) is 2.91. The fraction of sp³-hybridized carbons (Fsp3) is 0.462. The summed E-state index contributed by atoms with van der Waals surface area (Å²) in [4.78, 5) is 0. The van der Waals surface area contributed by atoms with Crippen LogP contribution in [0.1, 0.15) is 19.3 Å². The molecule has 21 heavy (non-hydrogen) atoms. The molecule has 0 heterocycles. The number of nitrogens with zero attached hydrogens (tertiary/aromatic N) is 1. The Morgan fingerprint density at radius 1 is 1.43 bits per heavy atom. The summed E-state index contributed by atoms with van der Waals surface area (Å²) in [5, 5.41) is 14.6. The molecule has 0 atom stereocenters. The van der Waals surface area contributed by atoms with Crippen LogP contribution in [0.5, 0.6) is 5.75 Å². The maximum Gasteiger partial charge on any atom is 0.573 e. The van der Waals surface area contributed by atoms with Gasteiger partial charge in [0.15, 0.2) is 0 Å². The minimum Gasteiger partial charge on any atom is -0.409 e. The van der Waals surface area contributed by atoms with E-state index in [2.05, 4.69) is 15.2 Å². The second-order valence-corrected chi connectivity index (χ2v) is 5.20. The summed E-state index contributed by atoms with van der Waals surface area (Å²) >= 11 is 0. The summed E-state index contributed by atoms with van der Waals surface area (Å²) in [6, 6.07) is 5.66.